The Morgan fingerprint density at radius 2 is 2.21 bits per heavy atom. The molecular formula is C10H12INO2. The smallest absolute Gasteiger partial charge is 0.163 e. The van der Waals surface area contributed by atoms with Gasteiger partial charge in [0.15, 0.2) is 5.78 Å². The number of nitrogen functional groups attached to an aromatic ring is 1. The van der Waals surface area contributed by atoms with Crippen molar-refractivity contribution in [2.45, 2.75) is 13.8 Å². The lowest BCUT2D eigenvalue weighted by atomic mass is 10.1. The van der Waals surface area contributed by atoms with Gasteiger partial charge in [0, 0.05) is 3.57 Å². The normalized spacial score (nSPS) is 9.93. The summed E-state index contributed by atoms with van der Waals surface area (Å²) in [6.45, 7) is 3.93. The summed E-state index contributed by atoms with van der Waals surface area (Å²) in [6.07, 6.45) is 0. The van der Waals surface area contributed by atoms with Crippen LogP contribution in [0.15, 0.2) is 12.1 Å². The first kappa shape index (κ1) is 11.3. The van der Waals surface area contributed by atoms with Gasteiger partial charge in [-0.15, -0.1) is 0 Å². The van der Waals surface area contributed by atoms with Gasteiger partial charge in [-0.05, 0) is 48.6 Å². The highest BCUT2D eigenvalue weighted by molar-refractivity contribution is 14.1. The van der Waals surface area contributed by atoms with Crippen molar-refractivity contribution in [3.63, 3.8) is 0 Å². The second-order valence-corrected chi connectivity index (χ2v) is 3.99. The minimum Gasteiger partial charge on any atom is -0.492 e. The molecule has 0 saturated heterocycles. The summed E-state index contributed by atoms with van der Waals surface area (Å²) in [5, 5.41) is 0. The van der Waals surface area contributed by atoms with E-state index in [4.69, 9.17) is 10.5 Å². The van der Waals surface area contributed by atoms with Crippen LogP contribution in [0.1, 0.15) is 24.2 Å². The van der Waals surface area contributed by atoms with E-state index in [-0.39, 0.29) is 5.78 Å². The number of rotatable bonds is 3. The van der Waals surface area contributed by atoms with Gasteiger partial charge in [-0.2, -0.15) is 0 Å². The van der Waals surface area contributed by atoms with E-state index in [9.17, 15) is 4.79 Å². The van der Waals surface area contributed by atoms with Gasteiger partial charge in [-0.25, -0.2) is 0 Å². The average molecular weight is 305 g/mol. The summed E-state index contributed by atoms with van der Waals surface area (Å²) >= 11 is 2.09. The lowest BCUT2D eigenvalue weighted by Gasteiger charge is -2.10. The van der Waals surface area contributed by atoms with Gasteiger partial charge in [-0.1, -0.05) is 0 Å². The van der Waals surface area contributed by atoms with E-state index in [1.807, 2.05) is 13.0 Å². The first-order valence-corrected chi connectivity index (χ1v) is 5.37. The third-order valence-electron chi connectivity index (χ3n) is 1.81. The largest absolute Gasteiger partial charge is 0.492 e. The summed E-state index contributed by atoms with van der Waals surface area (Å²) in [7, 11) is 0. The van der Waals surface area contributed by atoms with Crippen LogP contribution in [0.2, 0.25) is 0 Å². The molecule has 0 aliphatic carbocycles. The van der Waals surface area contributed by atoms with Crippen molar-refractivity contribution in [3.05, 3.63) is 21.3 Å². The molecule has 1 rings (SSSR count). The molecule has 0 saturated carbocycles. The van der Waals surface area contributed by atoms with Gasteiger partial charge >= 0.3 is 0 Å². The van der Waals surface area contributed by atoms with E-state index < -0.39 is 0 Å². The van der Waals surface area contributed by atoms with Crippen LogP contribution in [0.4, 0.5) is 5.69 Å². The molecule has 0 fully saturated rings. The van der Waals surface area contributed by atoms with Crippen LogP contribution in [0.25, 0.3) is 0 Å². The molecule has 0 heterocycles. The quantitative estimate of drug-likeness (QED) is 0.530. The van der Waals surface area contributed by atoms with E-state index in [2.05, 4.69) is 22.6 Å². The lowest BCUT2D eigenvalue weighted by Crippen LogP contribution is -2.05. The van der Waals surface area contributed by atoms with Gasteiger partial charge in [0.1, 0.15) is 5.75 Å². The molecule has 1 aromatic rings. The number of ketones is 1. The average Bonchev–Trinajstić information content (AvgIpc) is 2.10. The summed E-state index contributed by atoms with van der Waals surface area (Å²) in [6, 6.07) is 3.62. The Hall–Kier alpha value is -0.780. The SMILES string of the molecule is CCOc1ccc(I)c(C(C)=O)c1N. The number of benzene rings is 1. The molecule has 14 heavy (non-hydrogen) atoms. The van der Waals surface area contributed by atoms with E-state index >= 15 is 0 Å². The third-order valence-corrected chi connectivity index (χ3v) is 2.71. The molecule has 3 nitrogen and oxygen atoms in total. The Balaban J connectivity index is 3.26. The van der Waals surface area contributed by atoms with Crippen LogP contribution in [0.3, 0.4) is 0 Å². The number of Topliss-reactive ketones (excluding diaryl/α,β-unsaturated/α-hetero) is 1. The number of anilines is 1. The van der Waals surface area contributed by atoms with Crippen molar-refractivity contribution in [3.8, 4) is 5.75 Å². The maximum Gasteiger partial charge on any atom is 0.163 e. The Morgan fingerprint density at radius 1 is 1.57 bits per heavy atom. The van der Waals surface area contributed by atoms with Crippen LogP contribution in [0, 0.1) is 3.57 Å². The Morgan fingerprint density at radius 3 is 2.71 bits per heavy atom. The number of ether oxygens (including phenoxy) is 1. The first-order valence-electron chi connectivity index (χ1n) is 4.29. The van der Waals surface area contributed by atoms with Gasteiger partial charge in [0.25, 0.3) is 0 Å². The van der Waals surface area contributed by atoms with Gasteiger partial charge in [-0.3, -0.25) is 4.79 Å². The van der Waals surface area contributed by atoms with Gasteiger partial charge in [0.2, 0.25) is 0 Å². The number of hydrogen-bond donors (Lipinski definition) is 1. The highest BCUT2D eigenvalue weighted by Crippen LogP contribution is 2.29. The molecule has 2 N–H and O–H groups in total. The van der Waals surface area contributed by atoms with Crippen LogP contribution in [-0.4, -0.2) is 12.4 Å². The number of hydrogen-bond acceptors (Lipinski definition) is 3. The molecule has 0 aromatic heterocycles. The highest BCUT2D eigenvalue weighted by atomic mass is 127. The van der Waals surface area contributed by atoms with E-state index in [1.165, 1.54) is 6.92 Å². The predicted molar refractivity (Wildman–Crippen MR) is 64.7 cm³/mol. The van der Waals surface area contributed by atoms with E-state index in [0.717, 1.165) is 3.57 Å². The van der Waals surface area contributed by atoms with Crippen LogP contribution in [0.5, 0.6) is 5.75 Å². The minimum atomic E-state index is -0.0338. The van der Waals surface area contributed by atoms with Crippen molar-refractivity contribution in [1.82, 2.24) is 0 Å². The fraction of sp³-hybridized carbons (Fsp3) is 0.300. The van der Waals surface area contributed by atoms with Crippen molar-refractivity contribution in [2.75, 3.05) is 12.3 Å². The molecular weight excluding hydrogens is 293 g/mol. The van der Waals surface area contributed by atoms with Gasteiger partial charge < -0.3 is 10.5 Å². The molecule has 0 aliphatic heterocycles. The number of nitrogens with two attached hydrogens (primary N) is 1. The summed E-state index contributed by atoms with van der Waals surface area (Å²) in [5.41, 5.74) is 6.81. The van der Waals surface area contributed by atoms with Gasteiger partial charge in [0.05, 0.1) is 17.9 Å². The fourth-order valence-electron chi connectivity index (χ4n) is 1.21. The number of carbonyl (C=O) groups excluding carboxylic acids is 1. The summed E-state index contributed by atoms with van der Waals surface area (Å²) < 4.78 is 6.16. The summed E-state index contributed by atoms with van der Waals surface area (Å²) in [5.74, 6) is 0.548. The Labute approximate surface area is 96.8 Å². The summed E-state index contributed by atoms with van der Waals surface area (Å²) in [4.78, 5) is 11.3. The lowest BCUT2D eigenvalue weighted by molar-refractivity contribution is 0.101. The second kappa shape index (κ2) is 4.63. The molecule has 0 bridgehead atoms. The van der Waals surface area contributed by atoms with Crippen molar-refractivity contribution in [2.24, 2.45) is 0 Å². The highest BCUT2D eigenvalue weighted by Gasteiger charge is 2.13. The molecule has 0 amide bonds. The standard InChI is InChI=1S/C10H12INO2/c1-3-14-8-5-4-7(11)9(6(2)13)10(8)12/h4-5H,3,12H2,1-2H3. The zero-order chi connectivity index (χ0) is 10.7. The van der Waals surface area contributed by atoms with Crippen LogP contribution < -0.4 is 10.5 Å². The van der Waals surface area contributed by atoms with Crippen molar-refractivity contribution < 1.29 is 9.53 Å². The first-order chi connectivity index (χ1) is 6.57. The fourth-order valence-corrected chi connectivity index (χ4v) is 2.06. The molecule has 0 unspecified atom stereocenters. The Kier molecular flexibility index (Phi) is 3.74. The van der Waals surface area contributed by atoms with Crippen LogP contribution >= 0.6 is 22.6 Å². The molecule has 4 heteroatoms. The predicted octanol–water partition coefficient (Wildman–Crippen LogP) is 2.47. The molecule has 1 aromatic carbocycles. The van der Waals surface area contributed by atoms with E-state index in [1.54, 1.807) is 6.07 Å². The molecule has 0 radical (unpaired) electrons. The number of halogens is 1. The second-order valence-electron chi connectivity index (χ2n) is 2.82. The number of carbonyl (C=O) groups is 1. The van der Waals surface area contributed by atoms with Crippen molar-refractivity contribution >= 4 is 34.1 Å². The van der Waals surface area contributed by atoms with Crippen LogP contribution in [-0.2, 0) is 0 Å². The molecule has 76 valence electrons. The topological polar surface area (TPSA) is 52.3 Å². The zero-order valence-electron chi connectivity index (χ0n) is 8.13. The minimum absolute atomic E-state index is 0.0338. The molecule has 0 spiro atoms. The molecule has 0 aliphatic rings. The zero-order valence-corrected chi connectivity index (χ0v) is 10.3. The maximum absolute atomic E-state index is 11.3. The van der Waals surface area contributed by atoms with E-state index in [0.29, 0.717) is 23.6 Å². The maximum atomic E-state index is 11.3. The monoisotopic (exact) mass is 305 g/mol. The molecule has 0 atom stereocenters. The third kappa shape index (κ3) is 2.17. The Bertz CT molecular complexity index is 363. The van der Waals surface area contributed by atoms with Crippen molar-refractivity contribution in [1.29, 1.82) is 0 Å².